The molecule has 4 nitrogen and oxygen atoms in total. The van der Waals surface area contributed by atoms with Crippen LogP contribution in [0, 0.1) is 0 Å². The Balaban J connectivity index is 2.03. The van der Waals surface area contributed by atoms with Crippen LogP contribution in [-0.4, -0.2) is 24.2 Å². The number of methoxy groups -OCH3 is 1. The van der Waals surface area contributed by atoms with Gasteiger partial charge in [-0.2, -0.15) is 0 Å². The molecular formula is C14H17NO3S. The lowest BCUT2D eigenvalue weighted by molar-refractivity contribution is -0.137. The summed E-state index contributed by atoms with van der Waals surface area (Å²) in [5, 5.41) is 13.1. The fraction of sp³-hybridized carbons (Fsp3) is 0.357. The van der Waals surface area contributed by atoms with Crippen LogP contribution in [0.5, 0.6) is 5.75 Å². The number of benzene rings is 1. The van der Waals surface area contributed by atoms with Crippen molar-refractivity contribution in [2.75, 3.05) is 7.11 Å². The molecule has 5 heteroatoms. The zero-order chi connectivity index (χ0) is 13.8. The van der Waals surface area contributed by atoms with E-state index in [1.165, 1.54) is 9.58 Å². The highest BCUT2D eigenvalue weighted by atomic mass is 32.1. The molecule has 2 aromatic rings. The summed E-state index contributed by atoms with van der Waals surface area (Å²) in [4.78, 5) is 11.8. The molecule has 0 aliphatic rings. The van der Waals surface area contributed by atoms with E-state index in [1.807, 2.05) is 25.1 Å². The van der Waals surface area contributed by atoms with E-state index >= 15 is 0 Å². The Morgan fingerprint density at radius 3 is 2.95 bits per heavy atom. The smallest absolute Gasteiger partial charge is 0.304 e. The molecular weight excluding hydrogens is 262 g/mol. The Hall–Kier alpha value is -1.59. The number of nitrogens with one attached hydrogen (secondary N) is 1. The van der Waals surface area contributed by atoms with Crippen LogP contribution < -0.4 is 10.1 Å². The van der Waals surface area contributed by atoms with Gasteiger partial charge in [0.05, 0.1) is 13.5 Å². The molecule has 0 bridgehead atoms. The van der Waals surface area contributed by atoms with Crippen molar-refractivity contribution in [3.63, 3.8) is 0 Å². The Labute approximate surface area is 116 Å². The third-order valence-electron chi connectivity index (χ3n) is 2.88. The van der Waals surface area contributed by atoms with Crippen LogP contribution in [0.25, 0.3) is 10.1 Å². The molecule has 0 spiro atoms. The third-order valence-corrected chi connectivity index (χ3v) is 4.00. The van der Waals surface area contributed by atoms with E-state index in [-0.39, 0.29) is 12.5 Å². The summed E-state index contributed by atoms with van der Waals surface area (Å²) in [6.07, 6.45) is 0.138. The molecule has 1 atom stereocenters. The van der Waals surface area contributed by atoms with Gasteiger partial charge in [0.25, 0.3) is 0 Å². The van der Waals surface area contributed by atoms with Crippen molar-refractivity contribution < 1.29 is 14.6 Å². The number of ether oxygens (including phenoxy) is 1. The second-order valence-corrected chi connectivity index (χ2v) is 5.66. The summed E-state index contributed by atoms with van der Waals surface area (Å²) < 4.78 is 6.41. The highest BCUT2D eigenvalue weighted by Crippen LogP contribution is 2.28. The zero-order valence-corrected chi connectivity index (χ0v) is 11.8. The first-order chi connectivity index (χ1) is 9.08. The second-order valence-electron chi connectivity index (χ2n) is 4.50. The van der Waals surface area contributed by atoms with Gasteiger partial charge in [0, 0.05) is 22.2 Å². The van der Waals surface area contributed by atoms with Crippen LogP contribution in [0.1, 0.15) is 18.2 Å². The molecule has 0 radical (unpaired) electrons. The molecule has 0 aliphatic carbocycles. The number of carboxylic acids is 1. The van der Waals surface area contributed by atoms with E-state index in [0.717, 1.165) is 11.1 Å². The number of hydrogen-bond acceptors (Lipinski definition) is 4. The third kappa shape index (κ3) is 3.68. The number of thiophene rings is 1. The van der Waals surface area contributed by atoms with Gasteiger partial charge >= 0.3 is 5.97 Å². The van der Waals surface area contributed by atoms with Crippen molar-refractivity contribution >= 4 is 27.4 Å². The van der Waals surface area contributed by atoms with Gasteiger partial charge < -0.3 is 15.2 Å². The van der Waals surface area contributed by atoms with Crippen molar-refractivity contribution in [1.82, 2.24) is 5.32 Å². The summed E-state index contributed by atoms with van der Waals surface area (Å²) in [6, 6.07) is 8.09. The molecule has 0 fully saturated rings. The van der Waals surface area contributed by atoms with E-state index in [1.54, 1.807) is 18.4 Å². The van der Waals surface area contributed by atoms with Gasteiger partial charge in [-0.25, -0.2) is 0 Å². The Bertz CT molecular complexity index is 579. The van der Waals surface area contributed by atoms with Gasteiger partial charge in [0.2, 0.25) is 0 Å². The number of carbonyl (C=O) groups is 1. The maximum absolute atomic E-state index is 10.6. The Morgan fingerprint density at radius 1 is 1.47 bits per heavy atom. The SMILES string of the molecule is COc1ccc2sc(CNC(C)CC(=O)O)cc2c1. The maximum Gasteiger partial charge on any atom is 0.304 e. The summed E-state index contributed by atoms with van der Waals surface area (Å²) in [5.74, 6) is 0.0742. The van der Waals surface area contributed by atoms with Crippen molar-refractivity contribution in [3.8, 4) is 5.75 Å². The van der Waals surface area contributed by atoms with Crippen molar-refractivity contribution in [2.24, 2.45) is 0 Å². The second kappa shape index (κ2) is 6.04. The van der Waals surface area contributed by atoms with Gasteiger partial charge in [-0.1, -0.05) is 0 Å². The Kier molecular flexibility index (Phi) is 4.39. The predicted molar refractivity (Wildman–Crippen MR) is 76.9 cm³/mol. The predicted octanol–water partition coefficient (Wildman–Crippen LogP) is 2.86. The minimum atomic E-state index is -0.777. The van der Waals surface area contributed by atoms with Crippen LogP contribution in [-0.2, 0) is 11.3 Å². The number of aliphatic carboxylic acids is 1. The van der Waals surface area contributed by atoms with Crippen LogP contribution in [0.2, 0.25) is 0 Å². The molecule has 1 aromatic heterocycles. The number of rotatable bonds is 6. The molecule has 0 saturated carbocycles. The fourth-order valence-electron chi connectivity index (χ4n) is 1.90. The lowest BCUT2D eigenvalue weighted by Gasteiger charge is -2.09. The minimum Gasteiger partial charge on any atom is -0.497 e. The van der Waals surface area contributed by atoms with Gasteiger partial charge in [-0.3, -0.25) is 4.79 Å². The van der Waals surface area contributed by atoms with Crippen LogP contribution in [0.15, 0.2) is 24.3 Å². The molecule has 1 unspecified atom stereocenters. The van der Waals surface area contributed by atoms with Crippen LogP contribution in [0.4, 0.5) is 0 Å². The summed E-state index contributed by atoms with van der Waals surface area (Å²) in [5.41, 5.74) is 0. The highest BCUT2D eigenvalue weighted by molar-refractivity contribution is 7.19. The van der Waals surface area contributed by atoms with Crippen LogP contribution >= 0.6 is 11.3 Å². The summed E-state index contributed by atoms with van der Waals surface area (Å²) in [7, 11) is 1.66. The summed E-state index contributed by atoms with van der Waals surface area (Å²) >= 11 is 1.71. The lowest BCUT2D eigenvalue weighted by atomic mass is 10.2. The monoisotopic (exact) mass is 279 g/mol. The topological polar surface area (TPSA) is 58.6 Å². The number of hydrogen-bond donors (Lipinski definition) is 2. The van der Waals surface area contributed by atoms with E-state index in [9.17, 15) is 4.79 Å². The minimum absolute atomic E-state index is 0.0303. The number of fused-ring (bicyclic) bond motifs is 1. The van der Waals surface area contributed by atoms with E-state index < -0.39 is 5.97 Å². The summed E-state index contributed by atoms with van der Waals surface area (Å²) in [6.45, 7) is 2.57. The molecule has 0 amide bonds. The first kappa shape index (κ1) is 13.8. The first-order valence-corrected chi connectivity index (χ1v) is 6.92. The largest absolute Gasteiger partial charge is 0.497 e. The fourth-order valence-corrected chi connectivity index (χ4v) is 2.90. The number of carboxylic acid groups (broad SMARTS) is 1. The molecule has 1 heterocycles. The van der Waals surface area contributed by atoms with Crippen molar-refractivity contribution in [2.45, 2.75) is 25.9 Å². The average molecular weight is 279 g/mol. The normalized spacial score (nSPS) is 12.5. The highest BCUT2D eigenvalue weighted by Gasteiger charge is 2.08. The lowest BCUT2D eigenvalue weighted by Crippen LogP contribution is -2.27. The average Bonchev–Trinajstić information content (AvgIpc) is 2.77. The quantitative estimate of drug-likeness (QED) is 0.853. The van der Waals surface area contributed by atoms with E-state index in [0.29, 0.717) is 6.54 Å². The van der Waals surface area contributed by atoms with Gasteiger partial charge in [-0.05, 0) is 36.6 Å². The molecule has 1 aromatic carbocycles. The van der Waals surface area contributed by atoms with Gasteiger partial charge in [0.15, 0.2) is 0 Å². The maximum atomic E-state index is 10.6. The first-order valence-electron chi connectivity index (χ1n) is 6.10. The van der Waals surface area contributed by atoms with E-state index in [4.69, 9.17) is 9.84 Å². The molecule has 2 rings (SSSR count). The van der Waals surface area contributed by atoms with E-state index in [2.05, 4.69) is 11.4 Å². The van der Waals surface area contributed by atoms with Gasteiger partial charge in [0.1, 0.15) is 5.75 Å². The van der Waals surface area contributed by atoms with Crippen LogP contribution in [0.3, 0.4) is 0 Å². The molecule has 102 valence electrons. The molecule has 0 saturated heterocycles. The molecule has 2 N–H and O–H groups in total. The van der Waals surface area contributed by atoms with Gasteiger partial charge in [-0.15, -0.1) is 11.3 Å². The standard InChI is InChI=1S/C14H17NO3S/c1-9(5-14(16)17)15-8-12-7-10-6-11(18-2)3-4-13(10)19-12/h3-4,6-7,9,15H,5,8H2,1-2H3,(H,16,17). The molecule has 0 aliphatic heterocycles. The zero-order valence-electron chi connectivity index (χ0n) is 11.0. The molecule has 19 heavy (non-hydrogen) atoms. The Morgan fingerprint density at radius 2 is 2.26 bits per heavy atom. The van der Waals surface area contributed by atoms with Crippen molar-refractivity contribution in [3.05, 3.63) is 29.1 Å². The van der Waals surface area contributed by atoms with Crippen molar-refractivity contribution in [1.29, 1.82) is 0 Å².